The molecule has 1 unspecified atom stereocenters. The fourth-order valence-electron chi connectivity index (χ4n) is 3.67. The number of methoxy groups -OCH3 is 1. The van der Waals surface area contributed by atoms with Gasteiger partial charge in [-0.25, -0.2) is 0 Å². The quantitative estimate of drug-likeness (QED) is 0.449. The molecule has 0 spiro atoms. The molecular weight excluding hydrogens is 429 g/mol. The highest BCUT2D eigenvalue weighted by atomic mass is 19.4. The van der Waals surface area contributed by atoms with Gasteiger partial charge in [0.1, 0.15) is 11.8 Å². The Morgan fingerprint density at radius 2 is 1.55 bits per heavy atom. The number of carbonyl (C=O) groups excluding carboxylic acids is 1. The summed E-state index contributed by atoms with van der Waals surface area (Å²) in [5, 5.41) is 6.15. The number of ether oxygens (including phenoxy) is 1. The van der Waals surface area contributed by atoms with Crippen molar-refractivity contribution in [3.63, 3.8) is 0 Å². The normalized spacial score (nSPS) is 13.2. The minimum Gasteiger partial charge on any atom is -0.497 e. The minimum absolute atomic E-state index is 0.172. The lowest BCUT2D eigenvalue weighted by Gasteiger charge is -2.26. The Kier molecular flexibility index (Phi) is 8.11. The zero-order valence-electron chi connectivity index (χ0n) is 18.5. The molecule has 3 aromatic carbocycles. The summed E-state index contributed by atoms with van der Waals surface area (Å²) in [5.74, 6) is 0.542. The predicted molar refractivity (Wildman–Crippen MR) is 122 cm³/mol. The number of benzene rings is 3. The molecule has 3 rings (SSSR count). The molecular formula is C26H27F3N2O2. The molecule has 0 heterocycles. The molecule has 3 aromatic rings. The van der Waals surface area contributed by atoms with Crippen molar-refractivity contribution in [3.05, 3.63) is 101 Å². The fraction of sp³-hybridized carbons (Fsp3) is 0.269. The lowest BCUT2D eigenvalue weighted by molar-refractivity contribution is -0.137. The Hall–Kier alpha value is -3.32. The van der Waals surface area contributed by atoms with Crippen LogP contribution in [0.15, 0.2) is 78.9 Å². The van der Waals surface area contributed by atoms with Gasteiger partial charge in [0.05, 0.1) is 12.7 Å². The van der Waals surface area contributed by atoms with Gasteiger partial charge in [-0.05, 0) is 53.8 Å². The molecule has 0 aliphatic carbocycles. The lowest BCUT2D eigenvalue weighted by atomic mass is 9.96. The van der Waals surface area contributed by atoms with E-state index in [0.717, 1.165) is 28.8 Å². The summed E-state index contributed by atoms with van der Waals surface area (Å²) in [4.78, 5) is 12.7. The first kappa shape index (κ1) is 24.3. The SMILES string of the molecule is CNC(=O)C(N[C@H](CCc1ccc(C(F)(F)F)cc1)c1ccc(OC)cc1)c1ccccc1. The average molecular weight is 457 g/mol. The third kappa shape index (κ3) is 6.58. The summed E-state index contributed by atoms with van der Waals surface area (Å²) in [6.45, 7) is 0. The van der Waals surface area contributed by atoms with Gasteiger partial charge < -0.3 is 10.1 Å². The number of amides is 1. The molecule has 0 aliphatic heterocycles. The Labute approximate surface area is 191 Å². The smallest absolute Gasteiger partial charge is 0.416 e. The molecule has 33 heavy (non-hydrogen) atoms. The monoisotopic (exact) mass is 456 g/mol. The topological polar surface area (TPSA) is 50.4 Å². The Bertz CT molecular complexity index is 1020. The van der Waals surface area contributed by atoms with Crippen molar-refractivity contribution in [1.82, 2.24) is 10.6 Å². The molecule has 0 saturated heterocycles. The first-order chi connectivity index (χ1) is 15.8. The number of hydrogen-bond acceptors (Lipinski definition) is 3. The molecule has 7 heteroatoms. The summed E-state index contributed by atoms with van der Waals surface area (Å²) in [6.07, 6.45) is -3.24. The molecule has 0 bridgehead atoms. The van der Waals surface area contributed by atoms with Crippen LogP contribution in [0.2, 0.25) is 0 Å². The molecule has 2 atom stereocenters. The van der Waals surface area contributed by atoms with E-state index in [9.17, 15) is 18.0 Å². The van der Waals surface area contributed by atoms with Gasteiger partial charge in [0, 0.05) is 13.1 Å². The molecule has 0 aliphatic rings. The van der Waals surface area contributed by atoms with Gasteiger partial charge in [-0.1, -0.05) is 54.6 Å². The van der Waals surface area contributed by atoms with Crippen LogP contribution in [0.25, 0.3) is 0 Å². The lowest BCUT2D eigenvalue weighted by Crippen LogP contribution is -2.38. The molecule has 2 N–H and O–H groups in total. The van der Waals surface area contributed by atoms with Gasteiger partial charge in [0.15, 0.2) is 0 Å². The van der Waals surface area contributed by atoms with E-state index in [-0.39, 0.29) is 11.9 Å². The second kappa shape index (κ2) is 11.0. The highest BCUT2D eigenvalue weighted by Crippen LogP contribution is 2.30. The largest absolute Gasteiger partial charge is 0.497 e. The summed E-state index contributed by atoms with van der Waals surface area (Å²) < 4.78 is 43.9. The van der Waals surface area contributed by atoms with Crippen LogP contribution in [0, 0.1) is 0 Å². The van der Waals surface area contributed by atoms with Crippen molar-refractivity contribution >= 4 is 5.91 Å². The number of rotatable bonds is 9. The van der Waals surface area contributed by atoms with E-state index in [1.807, 2.05) is 54.6 Å². The highest BCUT2D eigenvalue weighted by Gasteiger charge is 2.30. The number of likely N-dealkylation sites (N-methyl/N-ethyl adjacent to an activating group) is 1. The van der Waals surface area contributed by atoms with E-state index in [0.29, 0.717) is 18.6 Å². The van der Waals surface area contributed by atoms with Crippen LogP contribution in [0.3, 0.4) is 0 Å². The second-order valence-electron chi connectivity index (χ2n) is 7.68. The van der Waals surface area contributed by atoms with Crippen molar-refractivity contribution in [3.8, 4) is 5.75 Å². The van der Waals surface area contributed by atoms with Gasteiger partial charge in [-0.3, -0.25) is 10.1 Å². The van der Waals surface area contributed by atoms with E-state index in [2.05, 4.69) is 10.6 Å². The van der Waals surface area contributed by atoms with Crippen LogP contribution >= 0.6 is 0 Å². The van der Waals surface area contributed by atoms with Crippen LogP contribution in [0.5, 0.6) is 5.75 Å². The maximum Gasteiger partial charge on any atom is 0.416 e. The maximum absolute atomic E-state index is 12.9. The van der Waals surface area contributed by atoms with E-state index < -0.39 is 17.8 Å². The average Bonchev–Trinajstić information content (AvgIpc) is 2.84. The van der Waals surface area contributed by atoms with Crippen molar-refractivity contribution in [2.24, 2.45) is 0 Å². The third-order valence-corrected chi connectivity index (χ3v) is 5.53. The Morgan fingerprint density at radius 3 is 2.09 bits per heavy atom. The number of aryl methyl sites for hydroxylation is 1. The predicted octanol–water partition coefficient (Wildman–Crippen LogP) is 5.46. The standard InChI is InChI=1S/C26H27F3N2O2/c1-30-25(32)24(20-6-4-3-5-7-20)31-23(19-11-15-22(33-2)16-12-19)17-10-18-8-13-21(14-9-18)26(27,28)29/h3-9,11-16,23-24,31H,10,17H2,1-2H3,(H,30,32)/t23-,24?/m1/s1. The van der Waals surface area contributed by atoms with Crippen molar-refractivity contribution in [2.45, 2.75) is 31.1 Å². The van der Waals surface area contributed by atoms with Gasteiger partial charge in [0.2, 0.25) is 5.91 Å². The molecule has 0 saturated carbocycles. The summed E-state index contributed by atoms with van der Waals surface area (Å²) >= 11 is 0. The highest BCUT2D eigenvalue weighted by molar-refractivity contribution is 5.83. The number of halogens is 3. The molecule has 1 amide bonds. The van der Waals surface area contributed by atoms with Crippen LogP contribution in [-0.4, -0.2) is 20.1 Å². The second-order valence-corrected chi connectivity index (χ2v) is 7.68. The van der Waals surface area contributed by atoms with Crippen LogP contribution in [0.4, 0.5) is 13.2 Å². The Balaban J connectivity index is 1.84. The van der Waals surface area contributed by atoms with Crippen LogP contribution in [-0.2, 0) is 17.4 Å². The van der Waals surface area contributed by atoms with Crippen molar-refractivity contribution in [1.29, 1.82) is 0 Å². The van der Waals surface area contributed by atoms with E-state index in [1.54, 1.807) is 14.2 Å². The molecule has 4 nitrogen and oxygen atoms in total. The number of nitrogens with one attached hydrogen (secondary N) is 2. The van der Waals surface area contributed by atoms with Gasteiger partial charge in [-0.15, -0.1) is 0 Å². The summed E-state index contributed by atoms with van der Waals surface area (Å²) in [5.41, 5.74) is 1.90. The van der Waals surface area contributed by atoms with Gasteiger partial charge in [-0.2, -0.15) is 13.2 Å². The zero-order valence-corrected chi connectivity index (χ0v) is 18.5. The third-order valence-electron chi connectivity index (χ3n) is 5.53. The van der Waals surface area contributed by atoms with Crippen molar-refractivity contribution < 1.29 is 22.7 Å². The van der Waals surface area contributed by atoms with Crippen LogP contribution < -0.4 is 15.4 Å². The first-order valence-electron chi connectivity index (χ1n) is 10.6. The van der Waals surface area contributed by atoms with Gasteiger partial charge >= 0.3 is 6.18 Å². The molecule has 0 aromatic heterocycles. The molecule has 0 fully saturated rings. The summed E-state index contributed by atoms with van der Waals surface area (Å²) in [7, 11) is 3.18. The van der Waals surface area contributed by atoms with E-state index >= 15 is 0 Å². The minimum atomic E-state index is -4.36. The Morgan fingerprint density at radius 1 is 0.909 bits per heavy atom. The zero-order chi connectivity index (χ0) is 23.8. The van der Waals surface area contributed by atoms with E-state index in [1.165, 1.54) is 12.1 Å². The molecule has 174 valence electrons. The molecule has 0 radical (unpaired) electrons. The van der Waals surface area contributed by atoms with E-state index in [4.69, 9.17) is 4.74 Å². The fourth-order valence-corrected chi connectivity index (χ4v) is 3.67. The van der Waals surface area contributed by atoms with Gasteiger partial charge in [0.25, 0.3) is 0 Å². The number of alkyl halides is 3. The maximum atomic E-state index is 12.9. The van der Waals surface area contributed by atoms with Crippen molar-refractivity contribution in [2.75, 3.05) is 14.2 Å². The number of carbonyl (C=O) groups is 1. The number of hydrogen-bond donors (Lipinski definition) is 2. The summed E-state index contributed by atoms with van der Waals surface area (Å²) in [6, 6.07) is 21.3. The van der Waals surface area contributed by atoms with Crippen LogP contribution in [0.1, 0.15) is 40.8 Å². The first-order valence-corrected chi connectivity index (χ1v) is 10.6.